The van der Waals surface area contributed by atoms with Gasteiger partial charge in [-0.1, -0.05) is 12.1 Å². The molecule has 10 heteroatoms. The molecule has 3 rings (SSSR count). The van der Waals surface area contributed by atoms with Crippen LogP contribution in [0.15, 0.2) is 47.5 Å². The summed E-state index contributed by atoms with van der Waals surface area (Å²) < 4.78 is 0. The number of nitrogens with zero attached hydrogens (tertiary/aromatic N) is 4. The van der Waals surface area contributed by atoms with Crippen molar-refractivity contribution in [2.75, 3.05) is 26.2 Å². The van der Waals surface area contributed by atoms with Crippen LogP contribution in [-0.4, -0.2) is 68.2 Å². The monoisotopic (exact) mass is 460 g/mol. The number of phenolic OH excluding ortho intramolecular Hbond substituents is 4. The molecule has 0 unspecified atom stereocenters. The summed E-state index contributed by atoms with van der Waals surface area (Å²) in [6.45, 7) is 0.568. The molecule has 1 fully saturated rings. The van der Waals surface area contributed by atoms with Crippen molar-refractivity contribution in [3.63, 3.8) is 0 Å². The van der Waals surface area contributed by atoms with E-state index in [1.807, 2.05) is 12.1 Å². The molecule has 0 saturated carbocycles. The molecule has 2 aromatic rings. The van der Waals surface area contributed by atoms with Crippen LogP contribution in [0.5, 0.6) is 23.0 Å². The van der Waals surface area contributed by atoms with Crippen LogP contribution in [0.4, 0.5) is 0 Å². The van der Waals surface area contributed by atoms with E-state index in [2.05, 4.69) is 0 Å². The SMILES string of the molecule is N#C/C(=C\c1ccc(O)c(O)c1)C(=O)N1CCN(C(=O)/C(C#N)=C/c2ccc(O)c(O)c2)CC1. The van der Waals surface area contributed by atoms with Gasteiger partial charge in [0.2, 0.25) is 0 Å². The van der Waals surface area contributed by atoms with Crippen molar-refractivity contribution < 1.29 is 30.0 Å². The summed E-state index contributed by atoms with van der Waals surface area (Å²) in [7, 11) is 0. The summed E-state index contributed by atoms with van der Waals surface area (Å²) >= 11 is 0. The lowest BCUT2D eigenvalue weighted by Gasteiger charge is -2.34. The van der Waals surface area contributed by atoms with E-state index in [9.17, 15) is 40.5 Å². The summed E-state index contributed by atoms with van der Waals surface area (Å²) in [5.74, 6) is -2.49. The van der Waals surface area contributed by atoms with Crippen LogP contribution in [0.3, 0.4) is 0 Å². The maximum atomic E-state index is 12.8. The number of aromatic hydroxyl groups is 4. The Kier molecular flexibility index (Phi) is 7.04. The largest absolute Gasteiger partial charge is 0.504 e. The summed E-state index contributed by atoms with van der Waals surface area (Å²) in [5, 5.41) is 56.8. The molecule has 4 N–H and O–H groups in total. The third-order valence-corrected chi connectivity index (χ3v) is 5.18. The number of nitriles is 2. The highest BCUT2D eigenvalue weighted by molar-refractivity contribution is 6.03. The fourth-order valence-corrected chi connectivity index (χ4v) is 3.33. The number of hydrogen-bond donors (Lipinski definition) is 4. The Labute approximate surface area is 194 Å². The number of rotatable bonds is 4. The molecule has 0 bridgehead atoms. The second-order valence-corrected chi connectivity index (χ2v) is 7.42. The van der Waals surface area contributed by atoms with E-state index in [0.717, 1.165) is 0 Å². The van der Waals surface area contributed by atoms with E-state index in [0.29, 0.717) is 11.1 Å². The Bertz CT molecular complexity index is 1180. The van der Waals surface area contributed by atoms with Crippen molar-refractivity contribution in [1.29, 1.82) is 10.5 Å². The Morgan fingerprint density at radius 3 is 1.32 bits per heavy atom. The Hall–Kier alpha value is -4.96. The lowest BCUT2D eigenvalue weighted by atomic mass is 10.1. The number of benzene rings is 2. The lowest BCUT2D eigenvalue weighted by molar-refractivity contribution is -0.134. The zero-order valence-electron chi connectivity index (χ0n) is 17.8. The smallest absolute Gasteiger partial charge is 0.264 e. The summed E-state index contributed by atoms with van der Waals surface area (Å²) in [6, 6.07) is 11.5. The quantitative estimate of drug-likeness (QED) is 0.303. The fourth-order valence-electron chi connectivity index (χ4n) is 3.33. The number of phenols is 4. The van der Waals surface area contributed by atoms with E-state index in [4.69, 9.17) is 0 Å². The van der Waals surface area contributed by atoms with E-state index < -0.39 is 11.8 Å². The maximum absolute atomic E-state index is 12.8. The topological polar surface area (TPSA) is 169 Å². The van der Waals surface area contributed by atoms with E-state index in [1.165, 1.54) is 58.4 Å². The van der Waals surface area contributed by atoms with Gasteiger partial charge in [-0.25, -0.2) is 0 Å². The first kappa shape index (κ1) is 23.7. The predicted octanol–water partition coefficient (Wildman–Crippen LogP) is 1.69. The van der Waals surface area contributed by atoms with Crippen molar-refractivity contribution in [3.8, 4) is 35.1 Å². The fraction of sp³-hybridized carbons (Fsp3) is 0.167. The minimum absolute atomic E-state index is 0.142. The lowest BCUT2D eigenvalue weighted by Crippen LogP contribution is -2.51. The van der Waals surface area contributed by atoms with Crippen molar-refractivity contribution >= 4 is 24.0 Å². The molecule has 1 aliphatic heterocycles. The number of amides is 2. The average Bonchev–Trinajstić information content (AvgIpc) is 2.84. The predicted molar refractivity (Wildman–Crippen MR) is 120 cm³/mol. The van der Waals surface area contributed by atoms with Gasteiger partial charge in [0.1, 0.15) is 23.3 Å². The highest BCUT2D eigenvalue weighted by Gasteiger charge is 2.27. The third kappa shape index (κ3) is 5.26. The number of piperazine rings is 1. The van der Waals surface area contributed by atoms with E-state index in [-0.39, 0.29) is 60.3 Å². The molecule has 1 aliphatic rings. The number of carbonyl (C=O) groups is 2. The first-order valence-corrected chi connectivity index (χ1v) is 10.1. The molecule has 0 aromatic heterocycles. The molecular weight excluding hydrogens is 440 g/mol. The van der Waals surface area contributed by atoms with Crippen LogP contribution < -0.4 is 0 Å². The van der Waals surface area contributed by atoms with Crippen LogP contribution in [0.1, 0.15) is 11.1 Å². The Morgan fingerprint density at radius 2 is 1.03 bits per heavy atom. The van der Waals surface area contributed by atoms with Crippen LogP contribution in [0.25, 0.3) is 12.2 Å². The molecule has 0 radical (unpaired) electrons. The zero-order chi connectivity index (χ0) is 24.8. The first-order chi connectivity index (χ1) is 16.2. The van der Waals surface area contributed by atoms with Crippen molar-refractivity contribution in [2.24, 2.45) is 0 Å². The molecule has 1 saturated heterocycles. The van der Waals surface area contributed by atoms with Crippen LogP contribution >= 0.6 is 0 Å². The summed E-state index contributed by atoms with van der Waals surface area (Å²) in [5.41, 5.74) is 0.375. The molecule has 2 amide bonds. The van der Waals surface area contributed by atoms with Gasteiger partial charge in [-0.2, -0.15) is 10.5 Å². The van der Waals surface area contributed by atoms with Crippen molar-refractivity contribution in [3.05, 3.63) is 58.7 Å². The van der Waals surface area contributed by atoms with Crippen LogP contribution in [0.2, 0.25) is 0 Å². The van der Waals surface area contributed by atoms with Gasteiger partial charge in [0.15, 0.2) is 23.0 Å². The highest BCUT2D eigenvalue weighted by Crippen LogP contribution is 2.27. The van der Waals surface area contributed by atoms with Gasteiger partial charge < -0.3 is 30.2 Å². The van der Waals surface area contributed by atoms with Crippen LogP contribution in [-0.2, 0) is 9.59 Å². The second-order valence-electron chi connectivity index (χ2n) is 7.42. The molecule has 0 aliphatic carbocycles. The first-order valence-electron chi connectivity index (χ1n) is 10.1. The molecule has 172 valence electrons. The standard InChI is InChI=1S/C24H20N4O6/c25-13-17(9-15-1-3-19(29)21(31)11-15)23(33)27-5-7-28(8-6-27)24(34)18(14-26)10-16-2-4-20(30)22(32)12-16/h1-4,9-12,29-32H,5-8H2/b17-9+,18-10+. The van der Waals surface area contributed by atoms with Gasteiger partial charge in [0.25, 0.3) is 11.8 Å². The van der Waals surface area contributed by atoms with Crippen molar-refractivity contribution in [2.45, 2.75) is 0 Å². The minimum Gasteiger partial charge on any atom is -0.504 e. The molecule has 2 aromatic carbocycles. The molecule has 0 spiro atoms. The molecular formula is C24H20N4O6. The van der Waals surface area contributed by atoms with Crippen molar-refractivity contribution in [1.82, 2.24) is 9.80 Å². The molecule has 10 nitrogen and oxygen atoms in total. The van der Waals surface area contributed by atoms with Crippen LogP contribution in [0, 0.1) is 22.7 Å². The van der Waals surface area contributed by atoms with Gasteiger partial charge >= 0.3 is 0 Å². The Balaban J connectivity index is 1.68. The average molecular weight is 460 g/mol. The van der Waals surface area contributed by atoms with Gasteiger partial charge in [-0.3, -0.25) is 9.59 Å². The molecule has 34 heavy (non-hydrogen) atoms. The van der Waals surface area contributed by atoms with E-state index in [1.54, 1.807) is 0 Å². The van der Waals surface area contributed by atoms with Gasteiger partial charge in [0.05, 0.1) is 0 Å². The number of hydrogen-bond acceptors (Lipinski definition) is 8. The second kappa shape index (κ2) is 10.1. The van der Waals surface area contributed by atoms with Gasteiger partial charge in [-0.15, -0.1) is 0 Å². The normalized spacial score (nSPS) is 14.3. The minimum atomic E-state index is -0.544. The summed E-state index contributed by atoms with van der Waals surface area (Å²) in [4.78, 5) is 28.3. The number of carbonyl (C=O) groups excluding carboxylic acids is 2. The van der Waals surface area contributed by atoms with Gasteiger partial charge in [0, 0.05) is 26.2 Å². The molecule has 0 atom stereocenters. The maximum Gasteiger partial charge on any atom is 0.264 e. The summed E-state index contributed by atoms with van der Waals surface area (Å²) in [6.07, 6.45) is 2.59. The zero-order valence-corrected chi connectivity index (χ0v) is 17.8. The Morgan fingerprint density at radius 1 is 0.676 bits per heavy atom. The highest BCUT2D eigenvalue weighted by atomic mass is 16.3. The molecule has 1 heterocycles. The van der Waals surface area contributed by atoms with E-state index >= 15 is 0 Å². The van der Waals surface area contributed by atoms with Gasteiger partial charge in [-0.05, 0) is 47.5 Å². The third-order valence-electron chi connectivity index (χ3n) is 5.18.